The Morgan fingerprint density at radius 3 is 2.47 bits per heavy atom. The summed E-state index contributed by atoms with van der Waals surface area (Å²) in [6.45, 7) is 0.569. The molecule has 1 aliphatic carbocycles. The number of aromatic nitrogens is 4. The van der Waals surface area contributed by atoms with Crippen molar-refractivity contribution in [3.63, 3.8) is 0 Å². The quantitative estimate of drug-likeness (QED) is 0.523. The molecule has 1 fully saturated rings. The zero-order valence-electron chi connectivity index (χ0n) is 16.0. The van der Waals surface area contributed by atoms with Crippen LogP contribution in [0, 0.1) is 11.6 Å². The molecule has 5 rings (SSSR count). The number of hydrogen-bond donors (Lipinski definition) is 1. The Labute approximate surface area is 172 Å². The average molecular weight is 403 g/mol. The Hall–Kier alpha value is -3.45. The predicted octanol–water partition coefficient (Wildman–Crippen LogP) is 4.25. The maximum atomic E-state index is 13.4. The molecule has 2 heterocycles. The highest BCUT2D eigenvalue weighted by Gasteiger charge is 2.38. The molecule has 150 valence electrons. The highest BCUT2D eigenvalue weighted by molar-refractivity contribution is 5.63. The van der Waals surface area contributed by atoms with E-state index >= 15 is 0 Å². The largest absolute Gasteiger partial charge is 0.308 e. The molecule has 30 heavy (non-hydrogen) atoms. The van der Waals surface area contributed by atoms with Crippen LogP contribution in [0.5, 0.6) is 0 Å². The minimum Gasteiger partial charge on any atom is -0.308 e. The fraction of sp³-hybridized carbons (Fsp3) is 0.174. The summed E-state index contributed by atoms with van der Waals surface area (Å²) in [5, 5.41) is 11.9. The molecule has 0 aliphatic heterocycles. The average Bonchev–Trinajstić information content (AvgIpc) is 3.41. The van der Waals surface area contributed by atoms with Gasteiger partial charge in [-0.25, -0.2) is 13.5 Å². The van der Waals surface area contributed by atoms with Gasteiger partial charge in [-0.05, 0) is 59.5 Å². The monoisotopic (exact) mass is 403 g/mol. The summed E-state index contributed by atoms with van der Waals surface area (Å²) >= 11 is 0. The van der Waals surface area contributed by atoms with Crippen LogP contribution in [0.25, 0.3) is 16.8 Å². The molecule has 0 saturated heterocycles. The number of hydrogen-bond acceptors (Lipinski definition) is 4. The van der Waals surface area contributed by atoms with Crippen LogP contribution in [0.4, 0.5) is 8.78 Å². The van der Waals surface area contributed by atoms with Crippen molar-refractivity contribution in [2.24, 2.45) is 0 Å². The van der Waals surface area contributed by atoms with Crippen LogP contribution in [0.15, 0.2) is 73.2 Å². The van der Waals surface area contributed by atoms with Crippen LogP contribution in [0.1, 0.15) is 23.6 Å². The van der Waals surface area contributed by atoms with Crippen LogP contribution >= 0.6 is 0 Å². The second-order valence-electron chi connectivity index (χ2n) is 7.44. The normalized spacial score (nSPS) is 17.8. The van der Waals surface area contributed by atoms with Gasteiger partial charge in [-0.2, -0.15) is 0 Å². The molecule has 2 aromatic heterocycles. The molecule has 7 heteroatoms. The number of pyridine rings is 1. The Bertz CT molecular complexity index is 1160. The van der Waals surface area contributed by atoms with Gasteiger partial charge in [-0.1, -0.05) is 23.4 Å². The molecule has 0 radical (unpaired) electrons. The zero-order chi connectivity index (χ0) is 20.5. The van der Waals surface area contributed by atoms with Crippen LogP contribution in [0.3, 0.4) is 0 Å². The minimum atomic E-state index is -0.811. The standard InChI is InChI=1S/C23H19F2N5/c24-21-6-3-17(11-22(21)25)20-12-23(20)27-13-18-14-30(29-28-18)19-4-1-15(2-5-19)16-7-9-26-10-8-16/h1-11,14,20,23,27H,12-13H2/t20-,23+/m0/s1. The molecule has 0 amide bonds. The molecule has 4 aromatic rings. The van der Waals surface area contributed by atoms with E-state index in [0.717, 1.165) is 34.5 Å². The van der Waals surface area contributed by atoms with Gasteiger partial charge in [0.1, 0.15) is 0 Å². The maximum absolute atomic E-state index is 13.4. The fourth-order valence-electron chi connectivity index (χ4n) is 3.62. The lowest BCUT2D eigenvalue weighted by atomic mass is 10.1. The van der Waals surface area contributed by atoms with Crippen molar-refractivity contribution in [3.05, 3.63) is 96.1 Å². The van der Waals surface area contributed by atoms with Crippen molar-refractivity contribution in [3.8, 4) is 16.8 Å². The van der Waals surface area contributed by atoms with Gasteiger partial charge in [-0.15, -0.1) is 5.10 Å². The summed E-state index contributed by atoms with van der Waals surface area (Å²) in [5.41, 5.74) is 4.80. The molecular weight excluding hydrogens is 384 g/mol. The van der Waals surface area contributed by atoms with Crippen molar-refractivity contribution in [2.75, 3.05) is 0 Å². The van der Waals surface area contributed by atoms with Gasteiger partial charge in [0.15, 0.2) is 11.6 Å². The van der Waals surface area contributed by atoms with E-state index in [9.17, 15) is 8.78 Å². The number of benzene rings is 2. The van der Waals surface area contributed by atoms with Crippen molar-refractivity contribution < 1.29 is 8.78 Å². The summed E-state index contributed by atoms with van der Waals surface area (Å²) in [6, 6.07) is 16.4. The molecule has 0 bridgehead atoms. The summed E-state index contributed by atoms with van der Waals surface area (Å²) in [6.07, 6.45) is 6.34. The molecule has 2 aromatic carbocycles. The van der Waals surface area contributed by atoms with E-state index in [0.29, 0.717) is 6.54 Å². The molecular formula is C23H19F2N5. The van der Waals surface area contributed by atoms with E-state index in [1.54, 1.807) is 23.1 Å². The van der Waals surface area contributed by atoms with Crippen LogP contribution in [-0.4, -0.2) is 26.0 Å². The molecule has 5 nitrogen and oxygen atoms in total. The summed E-state index contributed by atoms with van der Waals surface area (Å²) in [7, 11) is 0. The topological polar surface area (TPSA) is 55.6 Å². The lowest BCUT2D eigenvalue weighted by molar-refractivity contribution is 0.506. The van der Waals surface area contributed by atoms with Gasteiger partial charge in [-0.3, -0.25) is 4.98 Å². The van der Waals surface area contributed by atoms with Crippen molar-refractivity contribution >= 4 is 0 Å². The first-order valence-corrected chi connectivity index (χ1v) is 9.78. The molecule has 0 unspecified atom stereocenters. The minimum absolute atomic E-state index is 0.205. The summed E-state index contributed by atoms with van der Waals surface area (Å²) in [5.74, 6) is -1.40. The molecule has 1 N–H and O–H groups in total. The first-order valence-electron chi connectivity index (χ1n) is 9.78. The highest BCUT2D eigenvalue weighted by atomic mass is 19.2. The lowest BCUT2D eigenvalue weighted by Gasteiger charge is -2.04. The predicted molar refractivity (Wildman–Crippen MR) is 109 cm³/mol. The van der Waals surface area contributed by atoms with E-state index < -0.39 is 11.6 Å². The Kier molecular flexibility index (Phi) is 4.80. The smallest absolute Gasteiger partial charge is 0.159 e. The molecule has 0 spiro atoms. The Morgan fingerprint density at radius 1 is 0.933 bits per heavy atom. The Balaban J connectivity index is 1.20. The summed E-state index contributed by atoms with van der Waals surface area (Å²) < 4.78 is 28.2. The van der Waals surface area contributed by atoms with Crippen LogP contribution in [-0.2, 0) is 6.54 Å². The van der Waals surface area contributed by atoms with Gasteiger partial charge in [0.05, 0.1) is 17.6 Å². The van der Waals surface area contributed by atoms with E-state index in [2.05, 4.69) is 20.6 Å². The summed E-state index contributed by atoms with van der Waals surface area (Å²) in [4.78, 5) is 4.04. The van der Waals surface area contributed by atoms with Crippen LogP contribution in [0.2, 0.25) is 0 Å². The van der Waals surface area contributed by atoms with Crippen LogP contribution < -0.4 is 5.32 Å². The van der Waals surface area contributed by atoms with Gasteiger partial charge in [0.25, 0.3) is 0 Å². The third-order valence-corrected chi connectivity index (χ3v) is 5.39. The van der Waals surface area contributed by atoms with Crippen molar-refractivity contribution in [1.29, 1.82) is 0 Å². The third-order valence-electron chi connectivity index (χ3n) is 5.39. The van der Waals surface area contributed by atoms with Gasteiger partial charge in [0, 0.05) is 30.9 Å². The number of rotatable bonds is 6. The van der Waals surface area contributed by atoms with E-state index in [1.165, 1.54) is 12.1 Å². The van der Waals surface area contributed by atoms with Gasteiger partial charge >= 0.3 is 0 Å². The van der Waals surface area contributed by atoms with Gasteiger partial charge in [0.2, 0.25) is 0 Å². The Morgan fingerprint density at radius 2 is 1.70 bits per heavy atom. The maximum Gasteiger partial charge on any atom is 0.159 e. The first kappa shape index (κ1) is 18.6. The number of halogens is 2. The fourth-order valence-corrected chi connectivity index (χ4v) is 3.62. The number of nitrogens with zero attached hydrogens (tertiary/aromatic N) is 4. The van der Waals surface area contributed by atoms with Gasteiger partial charge < -0.3 is 5.32 Å². The molecule has 2 atom stereocenters. The van der Waals surface area contributed by atoms with E-state index in [1.807, 2.05) is 42.6 Å². The first-order chi connectivity index (χ1) is 14.7. The van der Waals surface area contributed by atoms with E-state index in [4.69, 9.17) is 0 Å². The van der Waals surface area contributed by atoms with Crippen molar-refractivity contribution in [1.82, 2.24) is 25.3 Å². The second-order valence-corrected chi connectivity index (χ2v) is 7.44. The molecule has 1 aliphatic rings. The zero-order valence-corrected chi connectivity index (χ0v) is 16.0. The molecule has 1 saturated carbocycles. The highest BCUT2D eigenvalue weighted by Crippen LogP contribution is 2.41. The lowest BCUT2D eigenvalue weighted by Crippen LogP contribution is -2.17. The van der Waals surface area contributed by atoms with E-state index in [-0.39, 0.29) is 12.0 Å². The second kappa shape index (κ2) is 7.76. The SMILES string of the molecule is Fc1ccc([C@@H]2C[C@H]2NCc2cn(-c3ccc(-c4ccncc4)cc3)nn2)cc1F. The van der Waals surface area contributed by atoms with Crippen molar-refractivity contribution in [2.45, 2.75) is 24.9 Å². The number of nitrogens with one attached hydrogen (secondary N) is 1. The third kappa shape index (κ3) is 3.84.